The number of halogens is 1. The van der Waals surface area contributed by atoms with Crippen LogP contribution in [0.1, 0.15) is 19.4 Å². The standard InChI is InChI=1S/C16H21ClN4O2/c1-4-21(5-2)16(23)11-20(3)10-15(22)19-13-7-6-12(9-18)14(17)8-13/h6-8H,4-5,10-11H2,1-3H3,(H,19,22). The average Bonchev–Trinajstić information content (AvgIpc) is 2.48. The number of carbonyl (C=O) groups is 2. The highest BCUT2D eigenvalue weighted by Gasteiger charge is 2.15. The Morgan fingerprint density at radius 1 is 1.26 bits per heavy atom. The van der Waals surface area contributed by atoms with Crippen LogP contribution in [0.4, 0.5) is 5.69 Å². The number of nitrogens with one attached hydrogen (secondary N) is 1. The lowest BCUT2D eigenvalue weighted by atomic mass is 10.2. The summed E-state index contributed by atoms with van der Waals surface area (Å²) in [7, 11) is 1.72. The van der Waals surface area contributed by atoms with Crippen molar-refractivity contribution in [2.24, 2.45) is 0 Å². The number of carbonyl (C=O) groups excluding carboxylic acids is 2. The molecule has 0 saturated heterocycles. The van der Waals surface area contributed by atoms with Gasteiger partial charge in [-0.15, -0.1) is 0 Å². The highest BCUT2D eigenvalue weighted by molar-refractivity contribution is 6.32. The number of nitrogens with zero attached hydrogens (tertiary/aromatic N) is 3. The van der Waals surface area contributed by atoms with Gasteiger partial charge < -0.3 is 10.2 Å². The van der Waals surface area contributed by atoms with Crippen LogP contribution in [0.2, 0.25) is 5.02 Å². The molecule has 0 fully saturated rings. The van der Waals surface area contributed by atoms with Gasteiger partial charge in [0, 0.05) is 18.8 Å². The van der Waals surface area contributed by atoms with Crippen LogP contribution in [0.25, 0.3) is 0 Å². The number of benzene rings is 1. The van der Waals surface area contributed by atoms with Gasteiger partial charge in [0.15, 0.2) is 0 Å². The average molecular weight is 337 g/mol. The summed E-state index contributed by atoms with van der Waals surface area (Å²) in [5, 5.41) is 11.8. The van der Waals surface area contributed by atoms with Crippen molar-refractivity contribution in [2.45, 2.75) is 13.8 Å². The van der Waals surface area contributed by atoms with E-state index in [1.165, 1.54) is 6.07 Å². The fourth-order valence-electron chi connectivity index (χ4n) is 2.09. The van der Waals surface area contributed by atoms with Crippen LogP contribution in [0.15, 0.2) is 18.2 Å². The first kappa shape index (κ1) is 18.9. The molecule has 1 aromatic rings. The summed E-state index contributed by atoms with van der Waals surface area (Å²) in [6.07, 6.45) is 0. The van der Waals surface area contributed by atoms with Gasteiger partial charge in [-0.25, -0.2) is 0 Å². The van der Waals surface area contributed by atoms with Crippen LogP contribution < -0.4 is 5.32 Å². The number of amides is 2. The molecule has 2 amide bonds. The minimum absolute atomic E-state index is 0.00767. The Bertz CT molecular complexity index is 609. The lowest BCUT2D eigenvalue weighted by molar-refractivity contribution is -0.132. The first-order valence-corrected chi connectivity index (χ1v) is 7.74. The summed E-state index contributed by atoms with van der Waals surface area (Å²) < 4.78 is 0. The van der Waals surface area contributed by atoms with E-state index in [0.29, 0.717) is 24.3 Å². The molecule has 6 nitrogen and oxygen atoms in total. The van der Waals surface area contributed by atoms with Gasteiger partial charge in [0.2, 0.25) is 11.8 Å². The maximum atomic E-state index is 12.0. The lowest BCUT2D eigenvalue weighted by Gasteiger charge is -2.22. The molecule has 7 heteroatoms. The normalized spacial score (nSPS) is 10.3. The van der Waals surface area contributed by atoms with Crippen LogP contribution in [0, 0.1) is 11.3 Å². The fourth-order valence-corrected chi connectivity index (χ4v) is 2.32. The zero-order valence-corrected chi connectivity index (χ0v) is 14.4. The molecule has 124 valence electrons. The number of hydrogen-bond acceptors (Lipinski definition) is 4. The van der Waals surface area contributed by atoms with Gasteiger partial charge >= 0.3 is 0 Å². The zero-order chi connectivity index (χ0) is 17.4. The van der Waals surface area contributed by atoms with Crippen LogP contribution in [-0.4, -0.2) is 54.8 Å². The van der Waals surface area contributed by atoms with Crippen molar-refractivity contribution >= 4 is 29.1 Å². The minimum atomic E-state index is -0.249. The van der Waals surface area contributed by atoms with E-state index in [9.17, 15) is 9.59 Å². The van der Waals surface area contributed by atoms with Gasteiger partial charge in [0.25, 0.3) is 0 Å². The van der Waals surface area contributed by atoms with E-state index in [1.807, 2.05) is 19.9 Å². The third kappa shape index (κ3) is 5.89. The summed E-state index contributed by atoms with van der Waals surface area (Å²) in [6.45, 7) is 5.41. The fraction of sp³-hybridized carbons (Fsp3) is 0.438. The highest BCUT2D eigenvalue weighted by Crippen LogP contribution is 2.20. The number of rotatable bonds is 7. The quantitative estimate of drug-likeness (QED) is 0.825. The third-order valence-corrected chi connectivity index (χ3v) is 3.62. The molecule has 23 heavy (non-hydrogen) atoms. The molecule has 0 aromatic heterocycles. The molecule has 0 radical (unpaired) electrons. The molecular weight excluding hydrogens is 316 g/mol. The summed E-state index contributed by atoms with van der Waals surface area (Å²) in [5.74, 6) is -0.257. The Balaban J connectivity index is 2.55. The summed E-state index contributed by atoms with van der Waals surface area (Å²) >= 11 is 5.92. The lowest BCUT2D eigenvalue weighted by Crippen LogP contribution is -2.41. The minimum Gasteiger partial charge on any atom is -0.342 e. The summed E-state index contributed by atoms with van der Waals surface area (Å²) in [4.78, 5) is 27.3. The number of likely N-dealkylation sites (N-methyl/N-ethyl adjacent to an activating group) is 2. The van der Waals surface area contributed by atoms with E-state index < -0.39 is 0 Å². The van der Waals surface area contributed by atoms with Gasteiger partial charge in [0.1, 0.15) is 6.07 Å². The number of anilines is 1. The molecule has 0 aliphatic carbocycles. The Morgan fingerprint density at radius 3 is 2.43 bits per heavy atom. The second kappa shape index (κ2) is 9.13. The van der Waals surface area contributed by atoms with E-state index in [-0.39, 0.29) is 29.9 Å². The van der Waals surface area contributed by atoms with Gasteiger partial charge in [-0.2, -0.15) is 5.26 Å². The molecule has 0 saturated carbocycles. The Morgan fingerprint density at radius 2 is 1.91 bits per heavy atom. The van der Waals surface area contributed by atoms with Crippen molar-refractivity contribution in [2.75, 3.05) is 38.5 Å². The van der Waals surface area contributed by atoms with Crippen LogP contribution >= 0.6 is 11.6 Å². The van der Waals surface area contributed by atoms with Crippen molar-refractivity contribution < 1.29 is 9.59 Å². The molecule has 1 aromatic carbocycles. The van der Waals surface area contributed by atoms with Crippen molar-refractivity contribution in [3.05, 3.63) is 28.8 Å². The molecule has 1 rings (SSSR count). The predicted molar refractivity (Wildman–Crippen MR) is 90.2 cm³/mol. The van der Waals surface area contributed by atoms with Crippen molar-refractivity contribution in [1.29, 1.82) is 5.26 Å². The first-order chi connectivity index (χ1) is 10.9. The van der Waals surface area contributed by atoms with Gasteiger partial charge in [-0.3, -0.25) is 14.5 Å². The van der Waals surface area contributed by atoms with Crippen LogP contribution in [0.3, 0.4) is 0 Å². The molecule has 0 aliphatic heterocycles. The molecule has 0 bridgehead atoms. The van der Waals surface area contributed by atoms with Crippen molar-refractivity contribution in [1.82, 2.24) is 9.80 Å². The number of nitriles is 1. The van der Waals surface area contributed by atoms with E-state index in [1.54, 1.807) is 29.0 Å². The van der Waals surface area contributed by atoms with Gasteiger partial charge in [-0.1, -0.05) is 11.6 Å². The Kier molecular flexibility index (Phi) is 7.52. The van der Waals surface area contributed by atoms with Crippen LogP contribution in [-0.2, 0) is 9.59 Å². The Labute approximate surface area is 141 Å². The zero-order valence-electron chi connectivity index (χ0n) is 13.6. The molecule has 0 spiro atoms. The van der Waals surface area contributed by atoms with Gasteiger partial charge in [-0.05, 0) is 39.1 Å². The SMILES string of the molecule is CCN(CC)C(=O)CN(C)CC(=O)Nc1ccc(C#N)c(Cl)c1. The largest absolute Gasteiger partial charge is 0.342 e. The van der Waals surface area contributed by atoms with E-state index in [2.05, 4.69) is 5.32 Å². The number of hydrogen-bond donors (Lipinski definition) is 1. The predicted octanol–water partition coefficient (Wildman–Crippen LogP) is 1.95. The topological polar surface area (TPSA) is 76.4 Å². The Hall–Kier alpha value is -2.10. The maximum absolute atomic E-state index is 12.0. The van der Waals surface area contributed by atoms with E-state index in [4.69, 9.17) is 16.9 Å². The molecule has 0 heterocycles. The highest BCUT2D eigenvalue weighted by atomic mass is 35.5. The van der Waals surface area contributed by atoms with Crippen molar-refractivity contribution in [3.63, 3.8) is 0 Å². The smallest absolute Gasteiger partial charge is 0.238 e. The van der Waals surface area contributed by atoms with Crippen LogP contribution in [0.5, 0.6) is 0 Å². The molecule has 0 atom stereocenters. The first-order valence-electron chi connectivity index (χ1n) is 7.37. The van der Waals surface area contributed by atoms with E-state index in [0.717, 1.165) is 0 Å². The van der Waals surface area contributed by atoms with E-state index >= 15 is 0 Å². The molecular formula is C16H21ClN4O2. The summed E-state index contributed by atoms with van der Waals surface area (Å²) in [6, 6.07) is 6.64. The molecule has 1 N–H and O–H groups in total. The third-order valence-electron chi connectivity index (χ3n) is 3.31. The molecule has 0 unspecified atom stereocenters. The second-order valence-corrected chi connectivity index (χ2v) is 5.50. The second-order valence-electron chi connectivity index (χ2n) is 5.09. The monoisotopic (exact) mass is 336 g/mol. The van der Waals surface area contributed by atoms with Gasteiger partial charge in [0.05, 0.1) is 23.7 Å². The maximum Gasteiger partial charge on any atom is 0.238 e. The van der Waals surface area contributed by atoms with Crippen molar-refractivity contribution in [3.8, 4) is 6.07 Å². The summed E-state index contributed by atoms with van der Waals surface area (Å²) in [5.41, 5.74) is 0.870. The molecule has 0 aliphatic rings.